The summed E-state index contributed by atoms with van der Waals surface area (Å²) >= 11 is 0. The maximum Gasteiger partial charge on any atom is 0.191 e. The maximum absolute atomic E-state index is 5.63. The molecule has 1 saturated heterocycles. The minimum atomic E-state index is 0.314. The Labute approximate surface area is 161 Å². The highest BCUT2D eigenvalue weighted by Gasteiger charge is 2.16. The van der Waals surface area contributed by atoms with Gasteiger partial charge >= 0.3 is 0 Å². The summed E-state index contributed by atoms with van der Waals surface area (Å²) in [7, 11) is 0. The molecular formula is C21H30N4O2. The lowest BCUT2D eigenvalue weighted by Crippen LogP contribution is -2.40. The van der Waals surface area contributed by atoms with E-state index in [9.17, 15) is 0 Å². The van der Waals surface area contributed by atoms with Gasteiger partial charge in [0.25, 0.3) is 0 Å². The molecule has 0 saturated carbocycles. The molecule has 1 aromatic carbocycles. The van der Waals surface area contributed by atoms with Crippen molar-refractivity contribution in [1.82, 2.24) is 15.5 Å². The van der Waals surface area contributed by atoms with Crippen LogP contribution in [0.15, 0.2) is 52.1 Å². The van der Waals surface area contributed by atoms with Gasteiger partial charge in [0.1, 0.15) is 5.76 Å². The molecule has 0 bridgehead atoms. The topological polar surface area (TPSA) is 62.0 Å². The molecule has 1 aliphatic heterocycles. The third kappa shape index (κ3) is 6.41. The van der Waals surface area contributed by atoms with Crippen LogP contribution in [0.1, 0.15) is 30.7 Å². The molecule has 1 unspecified atom stereocenters. The molecule has 1 atom stereocenters. The van der Waals surface area contributed by atoms with Gasteiger partial charge < -0.3 is 19.8 Å². The van der Waals surface area contributed by atoms with Crippen molar-refractivity contribution >= 4 is 5.96 Å². The molecule has 0 aliphatic carbocycles. The molecule has 2 heterocycles. The lowest BCUT2D eigenvalue weighted by atomic mass is 10.1. The first kappa shape index (κ1) is 19.5. The minimum absolute atomic E-state index is 0.314. The van der Waals surface area contributed by atoms with Crippen LogP contribution in [-0.4, -0.2) is 43.2 Å². The smallest absolute Gasteiger partial charge is 0.191 e. The summed E-state index contributed by atoms with van der Waals surface area (Å²) in [5.74, 6) is 1.68. The molecule has 0 radical (unpaired) electrons. The van der Waals surface area contributed by atoms with E-state index in [2.05, 4.69) is 53.6 Å². The van der Waals surface area contributed by atoms with Crippen molar-refractivity contribution < 1.29 is 9.15 Å². The number of morpholine rings is 1. The van der Waals surface area contributed by atoms with Crippen LogP contribution in [-0.2, 0) is 24.4 Å². The number of hydrogen-bond acceptors (Lipinski definition) is 4. The lowest BCUT2D eigenvalue weighted by Gasteiger charge is -2.31. The average Bonchev–Trinajstić information content (AvgIpc) is 3.18. The molecule has 0 amide bonds. The zero-order chi connectivity index (χ0) is 18.9. The molecule has 27 heavy (non-hydrogen) atoms. The Bertz CT molecular complexity index is 715. The van der Waals surface area contributed by atoms with Crippen molar-refractivity contribution in [2.75, 3.05) is 26.2 Å². The van der Waals surface area contributed by atoms with Crippen LogP contribution in [0.3, 0.4) is 0 Å². The van der Waals surface area contributed by atoms with E-state index >= 15 is 0 Å². The van der Waals surface area contributed by atoms with Gasteiger partial charge in [-0.15, -0.1) is 0 Å². The molecule has 1 aliphatic rings. The van der Waals surface area contributed by atoms with Gasteiger partial charge in [-0.05, 0) is 37.1 Å². The Morgan fingerprint density at radius 2 is 2.11 bits per heavy atom. The summed E-state index contributed by atoms with van der Waals surface area (Å²) in [5.41, 5.74) is 2.54. The molecule has 2 N–H and O–H groups in total. The molecule has 1 fully saturated rings. The Morgan fingerprint density at radius 1 is 1.22 bits per heavy atom. The number of hydrogen-bond donors (Lipinski definition) is 2. The summed E-state index contributed by atoms with van der Waals surface area (Å²) in [6.45, 7) is 10.0. The fourth-order valence-corrected chi connectivity index (χ4v) is 3.21. The van der Waals surface area contributed by atoms with E-state index in [0.29, 0.717) is 19.2 Å². The lowest BCUT2D eigenvalue weighted by molar-refractivity contribution is -0.0212. The first-order chi connectivity index (χ1) is 13.2. The summed E-state index contributed by atoms with van der Waals surface area (Å²) in [4.78, 5) is 7.15. The predicted molar refractivity (Wildman–Crippen MR) is 107 cm³/mol. The SMILES string of the molecule is CCNC(=NCc1cccc(CN2CCOC(C)C2)c1)NCc1ccco1. The van der Waals surface area contributed by atoms with E-state index in [-0.39, 0.29) is 0 Å². The fraction of sp³-hybridized carbons (Fsp3) is 0.476. The number of guanidine groups is 1. The van der Waals surface area contributed by atoms with Gasteiger partial charge in [0.2, 0.25) is 0 Å². The number of furan rings is 1. The summed E-state index contributed by atoms with van der Waals surface area (Å²) in [5, 5.41) is 6.58. The van der Waals surface area contributed by atoms with Gasteiger partial charge in [-0.3, -0.25) is 4.90 Å². The largest absolute Gasteiger partial charge is 0.467 e. The van der Waals surface area contributed by atoms with E-state index in [1.165, 1.54) is 11.1 Å². The zero-order valence-corrected chi connectivity index (χ0v) is 16.3. The number of benzene rings is 1. The second-order valence-electron chi connectivity index (χ2n) is 6.86. The van der Waals surface area contributed by atoms with Crippen LogP contribution in [0, 0.1) is 0 Å². The van der Waals surface area contributed by atoms with Crippen molar-refractivity contribution in [3.05, 3.63) is 59.5 Å². The maximum atomic E-state index is 5.63. The Morgan fingerprint density at radius 3 is 2.89 bits per heavy atom. The standard InChI is InChI=1S/C21H30N4O2/c1-3-22-21(24-14-20-8-5-10-27-20)23-13-18-6-4-7-19(12-18)16-25-9-11-26-17(2)15-25/h4-8,10,12,17H,3,9,11,13-16H2,1-2H3,(H2,22,23,24). The van der Waals surface area contributed by atoms with Gasteiger partial charge in [-0.2, -0.15) is 0 Å². The van der Waals surface area contributed by atoms with Crippen LogP contribution >= 0.6 is 0 Å². The molecule has 0 spiro atoms. The molecule has 2 aromatic rings. The van der Waals surface area contributed by atoms with Gasteiger partial charge in [0.05, 0.1) is 32.1 Å². The van der Waals surface area contributed by atoms with E-state index in [0.717, 1.165) is 44.5 Å². The molecular weight excluding hydrogens is 340 g/mol. The normalized spacial score (nSPS) is 18.4. The zero-order valence-electron chi connectivity index (χ0n) is 16.3. The van der Waals surface area contributed by atoms with Crippen molar-refractivity contribution in [3.63, 3.8) is 0 Å². The van der Waals surface area contributed by atoms with Crippen molar-refractivity contribution in [1.29, 1.82) is 0 Å². The highest BCUT2D eigenvalue weighted by atomic mass is 16.5. The van der Waals surface area contributed by atoms with Crippen LogP contribution < -0.4 is 10.6 Å². The number of aliphatic imine (C=N–C) groups is 1. The Balaban J connectivity index is 1.57. The van der Waals surface area contributed by atoms with E-state index < -0.39 is 0 Å². The molecule has 146 valence electrons. The third-order valence-corrected chi connectivity index (χ3v) is 4.50. The number of nitrogens with zero attached hydrogens (tertiary/aromatic N) is 2. The van der Waals surface area contributed by atoms with Gasteiger partial charge in [-0.1, -0.05) is 24.3 Å². The second-order valence-corrected chi connectivity index (χ2v) is 6.86. The first-order valence-corrected chi connectivity index (χ1v) is 9.69. The number of ether oxygens (including phenoxy) is 1. The Hall–Kier alpha value is -2.31. The van der Waals surface area contributed by atoms with E-state index in [1.807, 2.05) is 12.1 Å². The van der Waals surface area contributed by atoms with Gasteiger partial charge in [0, 0.05) is 26.2 Å². The minimum Gasteiger partial charge on any atom is -0.467 e. The van der Waals surface area contributed by atoms with Crippen LogP contribution in [0.25, 0.3) is 0 Å². The second kappa shape index (κ2) is 10.1. The third-order valence-electron chi connectivity index (χ3n) is 4.50. The predicted octanol–water partition coefficient (Wildman–Crippen LogP) is 2.76. The highest BCUT2D eigenvalue weighted by Crippen LogP contribution is 2.12. The molecule has 6 nitrogen and oxygen atoms in total. The van der Waals surface area contributed by atoms with Crippen LogP contribution in [0.2, 0.25) is 0 Å². The highest BCUT2D eigenvalue weighted by molar-refractivity contribution is 5.79. The van der Waals surface area contributed by atoms with Gasteiger partial charge in [-0.25, -0.2) is 4.99 Å². The van der Waals surface area contributed by atoms with Crippen LogP contribution in [0.5, 0.6) is 0 Å². The molecule has 3 rings (SSSR count). The van der Waals surface area contributed by atoms with Crippen molar-refractivity contribution in [2.45, 2.75) is 39.6 Å². The Kier molecular flexibility index (Phi) is 7.30. The first-order valence-electron chi connectivity index (χ1n) is 9.69. The van der Waals surface area contributed by atoms with Crippen LogP contribution in [0.4, 0.5) is 0 Å². The fourth-order valence-electron chi connectivity index (χ4n) is 3.21. The van der Waals surface area contributed by atoms with Crippen molar-refractivity contribution in [2.24, 2.45) is 4.99 Å². The summed E-state index contributed by atoms with van der Waals surface area (Å²) in [6, 6.07) is 12.5. The molecule has 1 aromatic heterocycles. The van der Waals surface area contributed by atoms with E-state index in [4.69, 9.17) is 14.1 Å². The number of nitrogens with one attached hydrogen (secondary N) is 2. The quantitative estimate of drug-likeness (QED) is 0.580. The van der Waals surface area contributed by atoms with Crippen molar-refractivity contribution in [3.8, 4) is 0 Å². The monoisotopic (exact) mass is 370 g/mol. The molecule has 6 heteroatoms. The van der Waals surface area contributed by atoms with E-state index in [1.54, 1.807) is 6.26 Å². The average molecular weight is 370 g/mol. The van der Waals surface area contributed by atoms with Gasteiger partial charge in [0.15, 0.2) is 5.96 Å². The summed E-state index contributed by atoms with van der Waals surface area (Å²) in [6.07, 6.45) is 2.00. The summed E-state index contributed by atoms with van der Waals surface area (Å²) < 4.78 is 11.0. The number of rotatable bonds is 7.